The molecule has 0 saturated heterocycles. The van der Waals surface area contributed by atoms with E-state index in [2.05, 4.69) is 20.5 Å². The van der Waals surface area contributed by atoms with E-state index >= 15 is 0 Å². The summed E-state index contributed by atoms with van der Waals surface area (Å²) in [5, 5.41) is 6.14. The molecule has 2 aromatic rings. The second kappa shape index (κ2) is 8.29. The van der Waals surface area contributed by atoms with Crippen molar-refractivity contribution in [2.24, 2.45) is 0 Å². The lowest BCUT2D eigenvalue weighted by Crippen LogP contribution is -2.17. The third kappa shape index (κ3) is 5.71. The van der Waals surface area contributed by atoms with Gasteiger partial charge < -0.3 is 15.5 Å². The van der Waals surface area contributed by atoms with E-state index in [-0.39, 0.29) is 5.91 Å². The second-order valence-electron chi connectivity index (χ2n) is 5.83. The molecule has 1 aromatic carbocycles. The van der Waals surface area contributed by atoms with Crippen LogP contribution in [0.3, 0.4) is 0 Å². The number of pyridine rings is 1. The number of aryl methyl sites for hydroxylation is 1. The minimum absolute atomic E-state index is 0.132. The van der Waals surface area contributed by atoms with Crippen LogP contribution in [0.2, 0.25) is 0 Å². The number of hydrogen-bond donors (Lipinski definition) is 2. The maximum absolute atomic E-state index is 12.3. The predicted molar refractivity (Wildman–Crippen MR) is 95.0 cm³/mol. The molecule has 0 spiro atoms. The van der Waals surface area contributed by atoms with Crippen LogP contribution in [0.5, 0.6) is 0 Å². The summed E-state index contributed by atoms with van der Waals surface area (Å²) in [6.45, 7) is 3.86. The van der Waals surface area contributed by atoms with Crippen LogP contribution in [0.25, 0.3) is 0 Å². The highest BCUT2D eigenvalue weighted by Gasteiger charge is 2.07. The zero-order valence-corrected chi connectivity index (χ0v) is 14.0. The molecule has 0 radical (unpaired) electrons. The predicted octanol–water partition coefficient (Wildman–Crippen LogP) is 3.01. The van der Waals surface area contributed by atoms with Crippen LogP contribution >= 0.6 is 0 Å². The summed E-state index contributed by atoms with van der Waals surface area (Å²) in [5.41, 5.74) is 2.55. The highest BCUT2D eigenvalue weighted by Crippen LogP contribution is 2.12. The summed E-state index contributed by atoms with van der Waals surface area (Å²) in [6.07, 6.45) is 2.67. The van der Waals surface area contributed by atoms with Gasteiger partial charge in [-0.3, -0.25) is 4.79 Å². The van der Waals surface area contributed by atoms with Gasteiger partial charge in [0, 0.05) is 24.0 Å². The minimum Gasteiger partial charge on any atom is -0.370 e. The highest BCUT2D eigenvalue weighted by molar-refractivity contribution is 6.04. The van der Waals surface area contributed by atoms with Gasteiger partial charge in [-0.2, -0.15) is 0 Å². The molecule has 0 fully saturated rings. The van der Waals surface area contributed by atoms with E-state index in [1.807, 2.05) is 45.3 Å². The number of aromatic nitrogens is 1. The van der Waals surface area contributed by atoms with E-state index in [1.54, 1.807) is 18.3 Å². The van der Waals surface area contributed by atoms with Crippen LogP contribution in [0.15, 0.2) is 42.6 Å². The Hall–Kier alpha value is -2.40. The number of carbonyl (C=O) groups is 1. The minimum atomic E-state index is -0.132. The number of benzene rings is 1. The smallest absolute Gasteiger partial charge is 0.255 e. The van der Waals surface area contributed by atoms with Crippen molar-refractivity contribution in [3.63, 3.8) is 0 Å². The summed E-state index contributed by atoms with van der Waals surface area (Å²) in [5.74, 6) is 0.591. The molecule has 2 rings (SSSR count). The first-order valence-electron chi connectivity index (χ1n) is 7.77. The topological polar surface area (TPSA) is 57.3 Å². The van der Waals surface area contributed by atoms with Gasteiger partial charge >= 0.3 is 0 Å². The number of carbonyl (C=O) groups excluding carboxylic acids is 1. The molecule has 5 nitrogen and oxygen atoms in total. The highest BCUT2D eigenvalue weighted by atomic mass is 16.1. The van der Waals surface area contributed by atoms with E-state index in [1.165, 1.54) is 0 Å². The van der Waals surface area contributed by atoms with Crippen molar-refractivity contribution in [3.05, 3.63) is 53.7 Å². The molecular weight excluding hydrogens is 288 g/mol. The summed E-state index contributed by atoms with van der Waals surface area (Å²) in [7, 11) is 4.10. The van der Waals surface area contributed by atoms with Gasteiger partial charge in [0.15, 0.2) is 0 Å². The van der Waals surface area contributed by atoms with Crippen molar-refractivity contribution in [2.75, 3.05) is 37.8 Å². The zero-order valence-electron chi connectivity index (χ0n) is 14.0. The van der Waals surface area contributed by atoms with Crippen molar-refractivity contribution >= 4 is 17.4 Å². The van der Waals surface area contributed by atoms with Crippen LogP contribution in [0.4, 0.5) is 11.5 Å². The van der Waals surface area contributed by atoms with Crippen molar-refractivity contribution < 1.29 is 4.79 Å². The molecule has 0 aliphatic carbocycles. The lowest BCUT2D eigenvalue weighted by molar-refractivity contribution is 0.102. The van der Waals surface area contributed by atoms with Crippen molar-refractivity contribution in [1.29, 1.82) is 0 Å². The number of nitrogens with one attached hydrogen (secondary N) is 2. The SMILES string of the molecule is Cc1ccc(NC(=O)c2ccnc(NCCCN(C)C)c2)cc1. The fourth-order valence-corrected chi connectivity index (χ4v) is 2.12. The van der Waals surface area contributed by atoms with Gasteiger partial charge in [-0.15, -0.1) is 0 Å². The van der Waals surface area contributed by atoms with E-state index in [4.69, 9.17) is 0 Å². The molecule has 5 heteroatoms. The van der Waals surface area contributed by atoms with Crippen LogP contribution < -0.4 is 10.6 Å². The second-order valence-corrected chi connectivity index (χ2v) is 5.83. The number of rotatable bonds is 7. The van der Waals surface area contributed by atoms with Gasteiger partial charge in [0.05, 0.1) is 0 Å². The third-order valence-corrected chi connectivity index (χ3v) is 3.42. The van der Waals surface area contributed by atoms with Gasteiger partial charge in [0.25, 0.3) is 5.91 Å². The van der Waals surface area contributed by atoms with Crippen molar-refractivity contribution in [3.8, 4) is 0 Å². The Morgan fingerprint density at radius 3 is 2.61 bits per heavy atom. The zero-order chi connectivity index (χ0) is 16.7. The summed E-state index contributed by atoms with van der Waals surface area (Å²) < 4.78 is 0. The molecule has 23 heavy (non-hydrogen) atoms. The average molecular weight is 312 g/mol. The molecule has 0 aliphatic rings. The Morgan fingerprint density at radius 2 is 1.91 bits per heavy atom. The first-order valence-corrected chi connectivity index (χ1v) is 7.77. The molecule has 0 aliphatic heterocycles. The Labute approximate surface area is 137 Å². The summed E-state index contributed by atoms with van der Waals surface area (Å²) >= 11 is 0. The molecule has 1 amide bonds. The third-order valence-electron chi connectivity index (χ3n) is 3.42. The lowest BCUT2D eigenvalue weighted by atomic mass is 10.2. The van der Waals surface area contributed by atoms with Gasteiger partial charge in [-0.25, -0.2) is 4.98 Å². The van der Waals surface area contributed by atoms with Crippen molar-refractivity contribution in [2.45, 2.75) is 13.3 Å². The quantitative estimate of drug-likeness (QED) is 0.772. The molecular formula is C18H24N4O. The lowest BCUT2D eigenvalue weighted by Gasteiger charge is -2.11. The summed E-state index contributed by atoms with van der Waals surface area (Å²) in [4.78, 5) is 18.7. The molecule has 0 unspecified atom stereocenters. The van der Waals surface area contributed by atoms with Gasteiger partial charge in [0.2, 0.25) is 0 Å². The summed E-state index contributed by atoms with van der Waals surface area (Å²) in [6, 6.07) is 11.2. The van der Waals surface area contributed by atoms with Gasteiger partial charge in [-0.1, -0.05) is 17.7 Å². The normalized spacial score (nSPS) is 10.6. The van der Waals surface area contributed by atoms with Gasteiger partial charge in [-0.05, 0) is 58.3 Å². The van der Waals surface area contributed by atoms with E-state index in [0.717, 1.165) is 36.6 Å². The molecule has 1 heterocycles. The fourth-order valence-electron chi connectivity index (χ4n) is 2.12. The van der Waals surface area contributed by atoms with Crippen LogP contribution in [0, 0.1) is 6.92 Å². The van der Waals surface area contributed by atoms with Crippen LogP contribution in [-0.2, 0) is 0 Å². The molecule has 0 atom stereocenters. The van der Waals surface area contributed by atoms with Crippen LogP contribution in [-0.4, -0.2) is 43.0 Å². The van der Waals surface area contributed by atoms with Crippen molar-refractivity contribution in [1.82, 2.24) is 9.88 Å². The largest absolute Gasteiger partial charge is 0.370 e. The number of amides is 1. The average Bonchev–Trinajstić information content (AvgIpc) is 2.54. The molecule has 1 aromatic heterocycles. The molecule has 0 bridgehead atoms. The number of anilines is 2. The molecule has 0 saturated carbocycles. The Bertz CT molecular complexity index is 638. The Balaban J connectivity index is 1.92. The number of nitrogens with zero attached hydrogens (tertiary/aromatic N) is 2. The Kier molecular flexibility index (Phi) is 6.11. The van der Waals surface area contributed by atoms with Crippen LogP contribution in [0.1, 0.15) is 22.3 Å². The first-order chi connectivity index (χ1) is 11.0. The van der Waals surface area contributed by atoms with E-state index < -0.39 is 0 Å². The first kappa shape index (κ1) is 17.0. The van der Waals surface area contributed by atoms with Gasteiger partial charge in [0.1, 0.15) is 5.82 Å². The molecule has 2 N–H and O–H groups in total. The molecule has 122 valence electrons. The van der Waals surface area contributed by atoms with E-state index in [0.29, 0.717) is 5.56 Å². The standard InChI is InChI=1S/C18H24N4O/c1-14-5-7-16(8-6-14)21-18(23)15-9-11-20-17(13-15)19-10-4-12-22(2)3/h5-9,11,13H,4,10,12H2,1-3H3,(H,19,20)(H,21,23). The van der Waals surface area contributed by atoms with E-state index in [9.17, 15) is 4.79 Å². The Morgan fingerprint density at radius 1 is 1.17 bits per heavy atom. The maximum atomic E-state index is 12.3. The monoisotopic (exact) mass is 312 g/mol. The fraction of sp³-hybridized carbons (Fsp3) is 0.333. The number of hydrogen-bond acceptors (Lipinski definition) is 4. The maximum Gasteiger partial charge on any atom is 0.255 e.